The summed E-state index contributed by atoms with van der Waals surface area (Å²) in [5, 5.41) is 21.5. The number of aliphatic hydroxyl groups excluding tert-OH is 2. The summed E-state index contributed by atoms with van der Waals surface area (Å²) in [4.78, 5) is 38.6. The molecule has 184 valence electrons. The molecule has 6 nitrogen and oxygen atoms in total. The number of esters is 1. The quantitative estimate of drug-likeness (QED) is 0.481. The first kappa shape index (κ1) is 23.7. The smallest absolute Gasteiger partial charge is 0.309 e. The predicted molar refractivity (Wildman–Crippen MR) is 126 cm³/mol. The van der Waals surface area contributed by atoms with Crippen LogP contribution in [0.4, 0.5) is 0 Å². The minimum absolute atomic E-state index is 0.0188. The highest BCUT2D eigenvalue weighted by atomic mass is 16.6. The topological polar surface area (TPSA) is 101 Å². The minimum atomic E-state index is -1.42. The van der Waals surface area contributed by atoms with Crippen LogP contribution < -0.4 is 0 Å². The van der Waals surface area contributed by atoms with Crippen LogP contribution in [0.25, 0.3) is 0 Å². The summed E-state index contributed by atoms with van der Waals surface area (Å²) in [6.07, 6.45) is 11.8. The van der Waals surface area contributed by atoms with Crippen molar-refractivity contribution in [3.63, 3.8) is 0 Å². The molecule has 0 spiro atoms. The fraction of sp³-hybridized carbons (Fsp3) is 0.679. The second-order valence-electron chi connectivity index (χ2n) is 11.4. The van der Waals surface area contributed by atoms with Gasteiger partial charge in [-0.2, -0.15) is 0 Å². The van der Waals surface area contributed by atoms with Gasteiger partial charge in [0.25, 0.3) is 0 Å². The molecule has 5 atom stereocenters. The molecule has 2 fully saturated rings. The Morgan fingerprint density at radius 2 is 1.85 bits per heavy atom. The molecular weight excluding hydrogens is 432 g/mol. The van der Waals surface area contributed by atoms with Crippen LogP contribution in [0.15, 0.2) is 34.9 Å². The Kier molecular flexibility index (Phi) is 5.76. The Morgan fingerprint density at radius 3 is 2.56 bits per heavy atom. The van der Waals surface area contributed by atoms with Crippen molar-refractivity contribution in [2.75, 3.05) is 6.61 Å². The maximum atomic E-state index is 13.3. The molecule has 2 N–H and O–H groups in total. The van der Waals surface area contributed by atoms with Crippen LogP contribution in [0.2, 0.25) is 0 Å². The standard InChI is InChI=1S/C28H36O6/c1-26-12-10-19(30)14-18(26)8-9-20-21-11-13-28(23(32)16-29,27(21,2)15-22(31)24(20)26)34-25(33)17-6-4-3-5-7-17/h10,12,14,17,21-22,29,31H,3-9,11,13,15-16H2,1-2H3/t21-,22-,26-,27-,28-/m0/s1. The van der Waals surface area contributed by atoms with Crippen molar-refractivity contribution in [1.82, 2.24) is 0 Å². The number of ketones is 2. The minimum Gasteiger partial charge on any atom is -0.450 e. The van der Waals surface area contributed by atoms with E-state index in [0.29, 0.717) is 12.8 Å². The van der Waals surface area contributed by atoms with E-state index in [9.17, 15) is 24.6 Å². The van der Waals surface area contributed by atoms with Crippen LogP contribution in [0, 0.1) is 22.7 Å². The van der Waals surface area contributed by atoms with E-state index in [1.165, 1.54) is 0 Å². The van der Waals surface area contributed by atoms with Crippen LogP contribution in [0.1, 0.15) is 78.1 Å². The largest absolute Gasteiger partial charge is 0.450 e. The number of carbonyl (C=O) groups is 3. The first-order valence-electron chi connectivity index (χ1n) is 12.9. The van der Waals surface area contributed by atoms with Crippen molar-refractivity contribution in [3.8, 4) is 0 Å². The van der Waals surface area contributed by atoms with Gasteiger partial charge in [-0.05, 0) is 75.5 Å². The summed E-state index contributed by atoms with van der Waals surface area (Å²) in [5.74, 6) is -1.02. The Hall–Kier alpha value is -2.05. The first-order valence-corrected chi connectivity index (χ1v) is 12.9. The second kappa shape index (κ2) is 8.27. The van der Waals surface area contributed by atoms with Crippen molar-refractivity contribution in [2.45, 2.75) is 89.8 Å². The third-order valence-corrected chi connectivity index (χ3v) is 9.79. The van der Waals surface area contributed by atoms with Crippen molar-refractivity contribution in [2.24, 2.45) is 22.7 Å². The summed E-state index contributed by atoms with van der Waals surface area (Å²) in [6.45, 7) is 3.34. The van der Waals surface area contributed by atoms with E-state index in [1.54, 1.807) is 12.2 Å². The molecule has 0 aliphatic heterocycles. The van der Waals surface area contributed by atoms with Crippen LogP contribution in [0.5, 0.6) is 0 Å². The zero-order valence-electron chi connectivity index (χ0n) is 20.3. The van der Waals surface area contributed by atoms with Crippen molar-refractivity contribution >= 4 is 17.5 Å². The van der Waals surface area contributed by atoms with Gasteiger partial charge in [0.1, 0.15) is 6.61 Å². The molecule has 0 amide bonds. The van der Waals surface area contributed by atoms with E-state index < -0.39 is 34.9 Å². The Balaban J connectivity index is 1.55. The maximum absolute atomic E-state index is 13.3. The molecule has 0 radical (unpaired) electrons. The number of Topliss-reactive ketones (excluding diaryl/α,β-unsaturated/α-hetero) is 1. The molecule has 0 saturated heterocycles. The molecule has 2 saturated carbocycles. The lowest BCUT2D eigenvalue weighted by molar-refractivity contribution is -0.190. The second-order valence-corrected chi connectivity index (χ2v) is 11.4. The monoisotopic (exact) mass is 468 g/mol. The molecule has 0 aromatic heterocycles. The molecule has 34 heavy (non-hydrogen) atoms. The summed E-state index contributed by atoms with van der Waals surface area (Å²) >= 11 is 0. The molecule has 0 heterocycles. The highest BCUT2D eigenvalue weighted by Gasteiger charge is 2.67. The van der Waals surface area contributed by atoms with Gasteiger partial charge in [0.05, 0.1) is 12.0 Å². The number of fused-ring (bicyclic) bond motifs is 4. The molecule has 5 aliphatic carbocycles. The van der Waals surface area contributed by atoms with E-state index in [-0.39, 0.29) is 30.0 Å². The molecule has 5 aliphatic rings. The van der Waals surface area contributed by atoms with Crippen molar-refractivity contribution < 1.29 is 29.3 Å². The van der Waals surface area contributed by atoms with Gasteiger partial charge in [-0.15, -0.1) is 0 Å². The molecule has 0 aromatic rings. The fourth-order valence-electron chi connectivity index (χ4n) is 7.99. The van der Waals surface area contributed by atoms with Crippen LogP contribution in [0.3, 0.4) is 0 Å². The summed E-state index contributed by atoms with van der Waals surface area (Å²) in [5.41, 5.74) is 0.397. The number of aliphatic hydroxyl groups is 2. The predicted octanol–water partition coefficient (Wildman–Crippen LogP) is 3.75. The van der Waals surface area contributed by atoms with Gasteiger partial charge in [0.15, 0.2) is 11.4 Å². The lowest BCUT2D eigenvalue weighted by Gasteiger charge is -2.54. The summed E-state index contributed by atoms with van der Waals surface area (Å²) in [6, 6.07) is 0. The molecular formula is C28H36O6. The Morgan fingerprint density at radius 1 is 1.12 bits per heavy atom. The van der Waals surface area contributed by atoms with Crippen molar-refractivity contribution in [1.29, 1.82) is 0 Å². The molecule has 0 aromatic carbocycles. The van der Waals surface area contributed by atoms with Gasteiger partial charge in [0.2, 0.25) is 5.78 Å². The Bertz CT molecular complexity index is 1010. The lowest BCUT2D eigenvalue weighted by Crippen LogP contribution is -2.59. The van der Waals surface area contributed by atoms with Crippen LogP contribution in [-0.2, 0) is 19.1 Å². The van der Waals surface area contributed by atoms with E-state index in [1.807, 2.05) is 13.0 Å². The third kappa shape index (κ3) is 3.25. The highest BCUT2D eigenvalue weighted by Crippen LogP contribution is 2.65. The molecule has 6 heteroatoms. The van der Waals surface area contributed by atoms with E-state index in [4.69, 9.17) is 4.74 Å². The first-order chi connectivity index (χ1) is 16.2. The zero-order valence-corrected chi connectivity index (χ0v) is 20.3. The van der Waals surface area contributed by atoms with Crippen molar-refractivity contribution in [3.05, 3.63) is 34.9 Å². The number of rotatable bonds is 4. The number of allylic oxidation sites excluding steroid dienone is 5. The highest BCUT2D eigenvalue weighted by molar-refractivity contribution is 6.01. The summed E-state index contributed by atoms with van der Waals surface area (Å²) in [7, 11) is 0. The maximum Gasteiger partial charge on any atom is 0.309 e. The van der Waals surface area contributed by atoms with Gasteiger partial charge < -0.3 is 14.9 Å². The number of hydrogen-bond donors (Lipinski definition) is 2. The van der Waals surface area contributed by atoms with Gasteiger partial charge in [-0.3, -0.25) is 14.4 Å². The van der Waals surface area contributed by atoms with Crippen LogP contribution >= 0.6 is 0 Å². The molecule has 0 unspecified atom stereocenters. The Labute approximate surface area is 201 Å². The average Bonchev–Trinajstić information content (AvgIpc) is 3.11. The lowest BCUT2D eigenvalue weighted by atomic mass is 9.52. The zero-order chi connectivity index (χ0) is 24.3. The van der Waals surface area contributed by atoms with Gasteiger partial charge in [-0.1, -0.05) is 43.4 Å². The number of carbonyl (C=O) groups excluding carboxylic acids is 3. The fourth-order valence-corrected chi connectivity index (χ4v) is 7.99. The number of ether oxygens (including phenoxy) is 1. The normalized spacial score (nSPS) is 39.8. The SMILES string of the molecule is C[C@]12C=CC(=O)C=C1CCC1=C2[C@@H](O)C[C@@]2(C)[C@H]1CC[C@]2(OC(=O)C1CCCCC1)C(=O)CO. The molecule has 0 bridgehead atoms. The van der Waals surface area contributed by atoms with E-state index in [0.717, 1.165) is 61.7 Å². The summed E-state index contributed by atoms with van der Waals surface area (Å²) < 4.78 is 6.19. The van der Waals surface area contributed by atoms with E-state index >= 15 is 0 Å². The molecule has 5 rings (SSSR count). The third-order valence-electron chi connectivity index (χ3n) is 9.79. The van der Waals surface area contributed by atoms with Gasteiger partial charge in [0, 0.05) is 10.8 Å². The number of hydrogen-bond acceptors (Lipinski definition) is 6. The van der Waals surface area contributed by atoms with Gasteiger partial charge in [-0.25, -0.2) is 0 Å². The van der Waals surface area contributed by atoms with Crippen LogP contribution in [-0.4, -0.2) is 46.1 Å². The van der Waals surface area contributed by atoms with Gasteiger partial charge >= 0.3 is 5.97 Å². The average molecular weight is 469 g/mol. The van der Waals surface area contributed by atoms with E-state index in [2.05, 4.69) is 6.92 Å².